The Bertz CT molecular complexity index is 464. The summed E-state index contributed by atoms with van der Waals surface area (Å²) in [6.07, 6.45) is 3.42. The van der Waals surface area contributed by atoms with E-state index in [1.165, 1.54) is 17.5 Å². The molecule has 0 spiro atoms. The Kier molecular flexibility index (Phi) is 6.61. The Morgan fingerprint density at radius 3 is 2.55 bits per heavy atom. The monoisotopic (exact) mass is 289 g/mol. The van der Waals surface area contributed by atoms with E-state index >= 15 is 0 Å². The lowest BCUT2D eigenvalue weighted by Crippen LogP contribution is -2.23. The lowest BCUT2D eigenvalue weighted by atomic mass is 10.1. The first-order valence-electron chi connectivity index (χ1n) is 7.32. The molecular weight excluding hydrogens is 266 g/mol. The van der Waals surface area contributed by atoms with E-state index in [0.29, 0.717) is 0 Å². The topological polar surface area (TPSA) is 21.3 Å². The quantitative estimate of drug-likeness (QED) is 0.707. The van der Waals surface area contributed by atoms with Crippen molar-refractivity contribution >= 4 is 11.3 Å². The van der Waals surface area contributed by atoms with Gasteiger partial charge in [-0.25, -0.2) is 0 Å². The number of thiophene rings is 1. The van der Waals surface area contributed by atoms with Gasteiger partial charge >= 0.3 is 0 Å². The van der Waals surface area contributed by atoms with Crippen molar-refractivity contribution < 1.29 is 4.74 Å². The van der Waals surface area contributed by atoms with Gasteiger partial charge in [0.25, 0.3) is 0 Å². The minimum absolute atomic E-state index is 0.719. The lowest BCUT2D eigenvalue weighted by Gasteiger charge is -2.08. The molecule has 0 saturated heterocycles. The van der Waals surface area contributed by atoms with Crippen LogP contribution >= 0.6 is 11.3 Å². The summed E-state index contributed by atoms with van der Waals surface area (Å²) in [4.78, 5) is 0. The molecule has 0 fully saturated rings. The molecule has 1 aromatic heterocycles. The van der Waals surface area contributed by atoms with Crippen molar-refractivity contribution in [3.05, 3.63) is 52.2 Å². The molecule has 1 aromatic carbocycles. The van der Waals surface area contributed by atoms with Gasteiger partial charge in [-0.1, -0.05) is 25.5 Å². The summed E-state index contributed by atoms with van der Waals surface area (Å²) in [5.74, 6) is 0.962. The average molecular weight is 289 g/mol. The van der Waals surface area contributed by atoms with Gasteiger partial charge in [-0.3, -0.25) is 0 Å². The second-order valence-electron chi connectivity index (χ2n) is 4.87. The Morgan fingerprint density at radius 2 is 1.85 bits per heavy atom. The van der Waals surface area contributed by atoms with Gasteiger partial charge in [0.2, 0.25) is 0 Å². The van der Waals surface area contributed by atoms with Crippen LogP contribution in [-0.4, -0.2) is 19.7 Å². The number of hydrogen-bond acceptors (Lipinski definition) is 3. The number of benzene rings is 1. The molecule has 0 aliphatic heterocycles. The van der Waals surface area contributed by atoms with Gasteiger partial charge in [0.05, 0.1) is 0 Å². The van der Waals surface area contributed by atoms with Crippen molar-refractivity contribution in [2.75, 3.05) is 19.7 Å². The van der Waals surface area contributed by atoms with Gasteiger partial charge in [-0.05, 0) is 59.5 Å². The van der Waals surface area contributed by atoms with Gasteiger partial charge in [0.1, 0.15) is 12.4 Å². The third-order valence-corrected chi connectivity index (χ3v) is 3.91. The highest BCUT2D eigenvalue weighted by Gasteiger charge is 1.96. The number of nitrogens with one attached hydrogen (secondary N) is 1. The van der Waals surface area contributed by atoms with Crippen LogP contribution in [0.25, 0.3) is 0 Å². The molecule has 0 aliphatic rings. The van der Waals surface area contributed by atoms with E-state index in [0.717, 1.165) is 38.3 Å². The molecule has 0 aliphatic carbocycles. The molecule has 2 aromatic rings. The van der Waals surface area contributed by atoms with E-state index in [4.69, 9.17) is 4.74 Å². The zero-order chi connectivity index (χ0) is 14.0. The smallest absolute Gasteiger partial charge is 0.119 e. The van der Waals surface area contributed by atoms with Gasteiger partial charge in [0, 0.05) is 6.54 Å². The first kappa shape index (κ1) is 15.1. The minimum atomic E-state index is 0.719. The van der Waals surface area contributed by atoms with E-state index < -0.39 is 0 Å². The molecule has 2 nitrogen and oxygen atoms in total. The van der Waals surface area contributed by atoms with Crippen molar-refractivity contribution in [3.8, 4) is 5.75 Å². The maximum atomic E-state index is 5.72. The van der Waals surface area contributed by atoms with Crippen LogP contribution in [0.5, 0.6) is 5.75 Å². The van der Waals surface area contributed by atoms with Crippen LogP contribution in [0.3, 0.4) is 0 Å². The summed E-state index contributed by atoms with van der Waals surface area (Å²) in [5, 5.41) is 7.74. The van der Waals surface area contributed by atoms with Crippen LogP contribution in [0.15, 0.2) is 41.1 Å². The van der Waals surface area contributed by atoms with E-state index in [-0.39, 0.29) is 0 Å². The summed E-state index contributed by atoms with van der Waals surface area (Å²) in [6, 6.07) is 10.6. The van der Waals surface area contributed by atoms with Crippen molar-refractivity contribution in [1.82, 2.24) is 5.32 Å². The molecule has 1 N–H and O–H groups in total. The highest BCUT2D eigenvalue weighted by Crippen LogP contribution is 2.13. The first-order valence-corrected chi connectivity index (χ1v) is 8.26. The fourth-order valence-corrected chi connectivity index (χ4v) is 2.78. The predicted octanol–water partition coefficient (Wildman–Crippen LogP) is 3.91. The Labute approximate surface area is 125 Å². The molecular formula is C17H23NOS. The summed E-state index contributed by atoms with van der Waals surface area (Å²) < 4.78 is 5.72. The number of ether oxygens (including phenoxy) is 1. The van der Waals surface area contributed by atoms with Crippen LogP contribution < -0.4 is 10.1 Å². The lowest BCUT2D eigenvalue weighted by molar-refractivity contribution is 0.314. The van der Waals surface area contributed by atoms with Gasteiger partial charge in [-0.2, -0.15) is 11.3 Å². The Balaban J connectivity index is 1.56. The molecule has 0 bridgehead atoms. The minimum Gasteiger partial charge on any atom is -0.492 e. The molecule has 108 valence electrons. The van der Waals surface area contributed by atoms with Crippen LogP contribution in [0.1, 0.15) is 24.5 Å². The van der Waals surface area contributed by atoms with Gasteiger partial charge in [0.15, 0.2) is 0 Å². The zero-order valence-electron chi connectivity index (χ0n) is 12.1. The maximum Gasteiger partial charge on any atom is 0.119 e. The molecule has 0 radical (unpaired) electrons. The third kappa shape index (κ3) is 5.35. The van der Waals surface area contributed by atoms with Crippen molar-refractivity contribution in [2.45, 2.75) is 26.2 Å². The third-order valence-electron chi connectivity index (χ3n) is 3.18. The van der Waals surface area contributed by atoms with Crippen LogP contribution in [0, 0.1) is 0 Å². The van der Waals surface area contributed by atoms with Crippen molar-refractivity contribution in [2.24, 2.45) is 0 Å². The molecule has 1 heterocycles. The van der Waals surface area contributed by atoms with Gasteiger partial charge in [-0.15, -0.1) is 0 Å². The molecule has 0 unspecified atom stereocenters. The number of rotatable bonds is 9. The second-order valence-corrected chi connectivity index (χ2v) is 5.65. The fourth-order valence-electron chi connectivity index (χ4n) is 2.07. The van der Waals surface area contributed by atoms with E-state index in [1.54, 1.807) is 11.3 Å². The standard InChI is InChI=1S/C17H23NOS/c1-2-3-15-4-6-17(7-5-15)19-12-11-18-10-8-16-9-13-20-14-16/h4-7,9,13-14,18H,2-3,8,10-12H2,1H3. The average Bonchev–Trinajstić information content (AvgIpc) is 2.98. The van der Waals surface area contributed by atoms with E-state index in [1.807, 2.05) is 0 Å². The number of aryl methyl sites for hydroxylation is 1. The number of hydrogen-bond donors (Lipinski definition) is 1. The fraction of sp³-hybridized carbons (Fsp3) is 0.412. The largest absolute Gasteiger partial charge is 0.492 e. The molecule has 20 heavy (non-hydrogen) atoms. The molecule has 0 amide bonds. The summed E-state index contributed by atoms with van der Waals surface area (Å²) in [6.45, 7) is 4.82. The maximum absolute atomic E-state index is 5.72. The molecule has 0 saturated carbocycles. The predicted molar refractivity (Wildman–Crippen MR) is 86.8 cm³/mol. The van der Waals surface area contributed by atoms with Gasteiger partial charge < -0.3 is 10.1 Å². The second kappa shape index (κ2) is 8.77. The van der Waals surface area contributed by atoms with Crippen LogP contribution in [0.4, 0.5) is 0 Å². The Morgan fingerprint density at radius 1 is 1.00 bits per heavy atom. The molecule has 2 rings (SSSR count). The van der Waals surface area contributed by atoms with E-state index in [2.05, 4.69) is 53.3 Å². The SMILES string of the molecule is CCCc1ccc(OCCNCCc2ccsc2)cc1. The highest BCUT2D eigenvalue weighted by atomic mass is 32.1. The van der Waals surface area contributed by atoms with Crippen LogP contribution in [0.2, 0.25) is 0 Å². The summed E-state index contributed by atoms with van der Waals surface area (Å²) in [5.41, 5.74) is 2.80. The summed E-state index contributed by atoms with van der Waals surface area (Å²) in [7, 11) is 0. The highest BCUT2D eigenvalue weighted by molar-refractivity contribution is 7.07. The normalized spacial score (nSPS) is 10.7. The molecule has 0 atom stereocenters. The zero-order valence-corrected chi connectivity index (χ0v) is 12.9. The van der Waals surface area contributed by atoms with Crippen LogP contribution in [-0.2, 0) is 12.8 Å². The summed E-state index contributed by atoms with van der Waals surface area (Å²) >= 11 is 1.76. The van der Waals surface area contributed by atoms with Crippen molar-refractivity contribution in [3.63, 3.8) is 0 Å². The molecule has 3 heteroatoms. The first-order chi connectivity index (χ1) is 9.88. The van der Waals surface area contributed by atoms with E-state index in [9.17, 15) is 0 Å². The Hall–Kier alpha value is -1.32. The van der Waals surface area contributed by atoms with Crippen molar-refractivity contribution in [1.29, 1.82) is 0 Å².